The van der Waals surface area contributed by atoms with Gasteiger partial charge in [-0.3, -0.25) is 4.79 Å². The van der Waals surface area contributed by atoms with Crippen molar-refractivity contribution >= 4 is 39.0 Å². The van der Waals surface area contributed by atoms with Crippen LogP contribution >= 0.6 is 0 Å². The molecule has 7 nitrogen and oxygen atoms in total. The second-order valence-corrected chi connectivity index (χ2v) is 6.09. The molecule has 0 aliphatic carbocycles. The summed E-state index contributed by atoms with van der Waals surface area (Å²) in [6, 6.07) is 17.9. The van der Waals surface area contributed by atoms with E-state index in [4.69, 9.17) is 11.5 Å². The number of carbonyl (C=O) groups excluding carboxylic acids is 1. The van der Waals surface area contributed by atoms with Crippen LogP contribution in [0.25, 0.3) is 21.5 Å². The number of nitrogens with two attached hydrogens (primary N) is 2. The van der Waals surface area contributed by atoms with E-state index in [1.807, 2.05) is 12.1 Å². The van der Waals surface area contributed by atoms with Crippen molar-refractivity contribution in [3.8, 4) is 12.1 Å². The highest BCUT2D eigenvalue weighted by Crippen LogP contribution is 2.30. The normalized spacial score (nSPS) is 10.5. The molecule has 0 atom stereocenters. The zero-order chi connectivity index (χ0) is 19.8. The van der Waals surface area contributed by atoms with Gasteiger partial charge in [-0.1, -0.05) is 48.5 Å². The van der Waals surface area contributed by atoms with E-state index in [0.29, 0.717) is 21.5 Å². The summed E-state index contributed by atoms with van der Waals surface area (Å²) < 4.78 is 0. The second kappa shape index (κ2) is 6.35. The Morgan fingerprint density at radius 2 is 1.07 bits per heavy atom. The number of fused-ring (bicyclic) bond motifs is 2. The van der Waals surface area contributed by atoms with Crippen molar-refractivity contribution in [1.82, 2.24) is 9.97 Å². The number of nitrogens with zero attached hydrogens (tertiary/aromatic N) is 4. The molecule has 0 bridgehead atoms. The van der Waals surface area contributed by atoms with Crippen LogP contribution in [0.2, 0.25) is 0 Å². The number of nitriles is 2. The lowest BCUT2D eigenvalue weighted by molar-refractivity contribution is 0.103. The lowest BCUT2D eigenvalue weighted by atomic mass is 9.98. The molecule has 2 aromatic carbocycles. The quantitative estimate of drug-likeness (QED) is 0.520. The lowest BCUT2D eigenvalue weighted by Crippen LogP contribution is -2.12. The summed E-state index contributed by atoms with van der Waals surface area (Å²) in [5.41, 5.74) is 12.4. The summed E-state index contributed by atoms with van der Waals surface area (Å²) in [6.07, 6.45) is 0. The number of anilines is 2. The van der Waals surface area contributed by atoms with Crippen LogP contribution in [0.1, 0.15) is 27.3 Å². The molecule has 0 radical (unpaired) electrons. The molecular formula is C21H12N6O. The van der Waals surface area contributed by atoms with Gasteiger partial charge in [-0.25, -0.2) is 9.97 Å². The number of hydrogen-bond donors (Lipinski definition) is 2. The van der Waals surface area contributed by atoms with Crippen molar-refractivity contribution < 1.29 is 4.79 Å². The summed E-state index contributed by atoms with van der Waals surface area (Å²) in [7, 11) is 0. The summed E-state index contributed by atoms with van der Waals surface area (Å²) in [6.45, 7) is 0. The van der Waals surface area contributed by atoms with Crippen LogP contribution in [0.15, 0.2) is 48.5 Å². The number of hydrogen-bond acceptors (Lipinski definition) is 7. The number of benzene rings is 2. The molecule has 4 N–H and O–H groups in total. The molecule has 0 spiro atoms. The van der Waals surface area contributed by atoms with Gasteiger partial charge in [0, 0.05) is 21.5 Å². The molecule has 0 amide bonds. The van der Waals surface area contributed by atoms with Gasteiger partial charge in [-0.15, -0.1) is 0 Å². The predicted molar refractivity (Wildman–Crippen MR) is 105 cm³/mol. The fourth-order valence-corrected chi connectivity index (χ4v) is 3.26. The van der Waals surface area contributed by atoms with Gasteiger partial charge in [-0.2, -0.15) is 10.5 Å². The number of pyridine rings is 2. The fourth-order valence-electron chi connectivity index (χ4n) is 3.26. The van der Waals surface area contributed by atoms with Gasteiger partial charge in [0.2, 0.25) is 5.78 Å². The Kier molecular flexibility index (Phi) is 3.84. The zero-order valence-electron chi connectivity index (χ0n) is 14.5. The highest BCUT2D eigenvalue weighted by Gasteiger charge is 2.23. The third-order valence-corrected chi connectivity index (χ3v) is 4.53. The monoisotopic (exact) mass is 364 g/mol. The van der Waals surface area contributed by atoms with Crippen molar-refractivity contribution in [3.63, 3.8) is 0 Å². The third-order valence-electron chi connectivity index (χ3n) is 4.53. The number of ketones is 1. The number of rotatable bonds is 2. The van der Waals surface area contributed by atoms with E-state index in [2.05, 4.69) is 9.97 Å². The van der Waals surface area contributed by atoms with Crippen LogP contribution in [0.4, 0.5) is 11.6 Å². The van der Waals surface area contributed by atoms with Crippen molar-refractivity contribution in [1.29, 1.82) is 10.5 Å². The molecule has 4 aromatic rings. The Hall–Kier alpha value is -4.49. The van der Waals surface area contributed by atoms with Gasteiger partial charge >= 0.3 is 0 Å². The summed E-state index contributed by atoms with van der Waals surface area (Å²) >= 11 is 0. The Morgan fingerprint density at radius 3 is 1.43 bits per heavy atom. The van der Waals surface area contributed by atoms with E-state index in [1.54, 1.807) is 48.5 Å². The zero-order valence-corrected chi connectivity index (χ0v) is 14.5. The molecule has 28 heavy (non-hydrogen) atoms. The van der Waals surface area contributed by atoms with E-state index >= 15 is 0 Å². The molecule has 0 fully saturated rings. The van der Waals surface area contributed by atoms with Crippen LogP contribution in [-0.2, 0) is 0 Å². The van der Waals surface area contributed by atoms with Gasteiger partial charge in [0.15, 0.2) is 0 Å². The minimum absolute atomic E-state index is 0.0320. The number of carbonyl (C=O) groups is 1. The van der Waals surface area contributed by atoms with E-state index in [-0.39, 0.29) is 34.2 Å². The Morgan fingerprint density at radius 1 is 0.714 bits per heavy atom. The van der Waals surface area contributed by atoms with Gasteiger partial charge < -0.3 is 11.5 Å². The molecule has 2 aromatic heterocycles. The van der Waals surface area contributed by atoms with Crippen LogP contribution in [0, 0.1) is 22.7 Å². The second-order valence-electron chi connectivity index (χ2n) is 6.09. The summed E-state index contributed by atoms with van der Waals surface area (Å²) in [5, 5.41) is 20.8. The molecular weight excluding hydrogens is 352 g/mol. The van der Waals surface area contributed by atoms with Gasteiger partial charge in [0.05, 0.1) is 0 Å². The predicted octanol–water partition coefficient (Wildman–Crippen LogP) is 2.92. The molecule has 0 saturated heterocycles. The standard InChI is InChI=1S/C21H12N6O/c22-9-15-11-5-1-3-7-13(11)17(26-20(15)24)19(28)18-14-8-4-2-6-12(14)16(10-23)21(25)27-18/h1-8H,(H2,24,26)(H2,25,27). The molecule has 132 valence electrons. The molecule has 0 aliphatic rings. The summed E-state index contributed by atoms with van der Waals surface area (Å²) in [5.74, 6) is -0.550. The van der Waals surface area contributed by atoms with Crippen molar-refractivity contribution in [2.45, 2.75) is 0 Å². The van der Waals surface area contributed by atoms with Crippen molar-refractivity contribution in [3.05, 3.63) is 71.0 Å². The van der Waals surface area contributed by atoms with Gasteiger partial charge in [0.1, 0.15) is 46.3 Å². The smallest absolute Gasteiger partial charge is 0.231 e. The molecule has 4 rings (SSSR count). The Balaban J connectivity index is 2.06. The van der Waals surface area contributed by atoms with Crippen molar-refractivity contribution in [2.24, 2.45) is 0 Å². The first-order chi connectivity index (χ1) is 13.6. The summed E-state index contributed by atoms with van der Waals surface area (Å²) in [4.78, 5) is 21.8. The average Bonchev–Trinajstić information content (AvgIpc) is 2.72. The molecule has 0 aliphatic heterocycles. The highest BCUT2D eigenvalue weighted by atomic mass is 16.1. The number of aromatic nitrogens is 2. The topological polar surface area (TPSA) is 142 Å². The van der Waals surface area contributed by atoms with Gasteiger partial charge in [0.25, 0.3) is 0 Å². The Bertz CT molecular complexity index is 1270. The van der Waals surface area contributed by atoms with E-state index in [1.165, 1.54) is 0 Å². The maximum atomic E-state index is 13.4. The molecule has 7 heteroatoms. The first-order valence-corrected chi connectivity index (χ1v) is 8.28. The molecule has 2 heterocycles. The SMILES string of the molecule is N#Cc1c(N)nc(C(=O)c2nc(N)c(C#N)c3ccccc23)c2ccccc12. The largest absolute Gasteiger partial charge is 0.383 e. The van der Waals surface area contributed by atoms with Crippen LogP contribution in [-0.4, -0.2) is 15.8 Å². The van der Waals surface area contributed by atoms with Gasteiger partial charge in [-0.05, 0) is 0 Å². The van der Waals surface area contributed by atoms with E-state index in [9.17, 15) is 15.3 Å². The first-order valence-electron chi connectivity index (χ1n) is 8.28. The average molecular weight is 364 g/mol. The van der Waals surface area contributed by atoms with Crippen LogP contribution in [0.3, 0.4) is 0 Å². The fraction of sp³-hybridized carbons (Fsp3) is 0. The number of nitrogen functional groups attached to an aromatic ring is 2. The highest BCUT2D eigenvalue weighted by molar-refractivity contribution is 6.20. The molecule has 0 saturated carbocycles. The van der Waals surface area contributed by atoms with Crippen LogP contribution in [0.5, 0.6) is 0 Å². The minimum Gasteiger partial charge on any atom is -0.383 e. The maximum absolute atomic E-state index is 13.4. The Labute approximate surface area is 159 Å². The van der Waals surface area contributed by atoms with E-state index in [0.717, 1.165) is 0 Å². The van der Waals surface area contributed by atoms with Crippen molar-refractivity contribution in [2.75, 3.05) is 11.5 Å². The lowest BCUT2D eigenvalue weighted by Gasteiger charge is -2.11. The van der Waals surface area contributed by atoms with E-state index < -0.39 is 5.78 Å². The maximum Gasteiger partial charge on any atom is 0.231 e. The third kappa shape index (κ3) is 2.39. The van der Waals surface area contributed by atoms with Crippen LogP contribution < -0.4 is 11.5 Å². The molecule has 0 unspecified atom stereocenters. The minimum atomic E-state index is -0.486. The first kappa shape index (κ1) is 17.0.